The zero-order chi connectivity index (χ0) is 19.8. The minimum Gasteiger partial charge on any atom is -0.393 e. The summed E-state index contributed by atoms with van der Waals surface area (Å²) in [6.45, 7) is 0. The normalized spacial score (nSPS) is 21.8. The van der Waals surface area contributed by atoms with Crippen LogP contribution in [0.15, 0.2) is 30.5 Å². The van der Waals surface area contributed by atoms with Crippen molar-refractivity contribution in [2.45, 2.75) is 56.6 Å². The van der Waals surface area contributed by atoms with Crippen molar-refractivity contribution in [3.63, 3.8) is 0 Å². The Morgan fingerprint density at radius 1 is 1.14 bits per heavy atom. The Kier molecular flexibility index (Phi) is 4.63. The maximum atomic E-state index is 12.9. The predicted octanol–water partition coefficient (Wildman–Crippen LogP) is 3.20. The first-order valence-corrected chi connectivity index (χ1v) is 10.2. The van der Waals surface area contributed by atoms with Crippen LogP contribution in [0, 0.1) is 0 Å². The fourth-order valence-electron chi connectivity index (χ4n) is 3.90. The van der Waals surface area contributed by atoms with E-state index in [1.165, 1.54) is 12.8 Å². The van der Waals surface area contributed by atoms with E-state index in [-0.39, 0.29) is 18.1 Å². The molecular weight excluding hydrogens is 368 g/mol. The first-order chi connectivity index (χ1) is 14.2. The first-order valence-electron chi connectivity index (χ1n) is 10.2. The van der Waals surface area contributed by atoms with Crippen LogP contribution >= 0.6 is 0 Å². The van der Waals surface area contributed by atoms with Gasteiger partial charge in [0, 0.05) is 35.3 Å². The highest BCUT2D eigenvalue weighted by atomic mass is 16.3. The molecule has 0 saturated heterocycles. The van der Waals surface area contributed by atoms with Crippen LogP contribution < -0.4 is 10.6 Å². The summed E-state index contributed by atoms with van der Waals surface area (Å²) in [5.41, 5.74) is 2.17. The van der Waals surface area contributed by atoms with Gasteiger partial charge in [0.1, 0.15) is 0 Å². The third-order valence-electron chi connectivity index (χ3n) is 5.74. The number of hydrogen-bond acceptors (Lipinski definition) is 6. The molecule has 0 atom stereocenters. The van der Waals surface area contributed by atoms with Crippen LogP contribution in [0.1, 0.15) is 60.5 Å². The lowest BCUT2D eigenvalue weighted by atomic mass is 9.93. The van der Waals surface area contributed by atoms with Gasteiger partial charge >= 0.3 is 0 Å². The van der Waals surface area contributed by atoms with Crippen LogP contribution in [-0.4, -0.2) is 43.3 Å². The Bertz CT molecular complexity index is 1040. The number of fused-ring (bicyclic) bond motifs is 1. The van der Waals surface area contributed by atoms with E-state index in [4.69, 9.17) is 0 Å². The third-order valence-corrected chi connectivity index (χ3v) is 5.74. The Morgan fingerprint density at radius 2 is 1.97 bits per heavy atom. The number of amides is 1. The number of aliphatic hydroxyl groups excluding tert-OH is 1. The molecule has 4 N–H and O–H groups in total. The van der Waals surface area contributed by atoms with Gasteiger partial charge in [0.15, 0.2) is 5.82 Å². The van der Waals surface area contributed by atoms with Crippen LogP contribution in [0.4, 0.5) is 11.8 Å². The molecule has 2 aliphatic rings. The van der Waals surface area contributed by atoms with Crippen LogP contribution in [0.3, 0.4) is 0 Å². The molecule has 8 heteroatoms. The summed E-state index contributed by atoms with van der Waals surface area (Å²) in [7, 11) is 0. The standard InChI is InChI=1S/C21H24N6O2/c28-15-8-6-14(7-9-15)23-21-22-11-13-2-1-3-16(19(13)25-21)20(29)24-18-10-17(26-27-18)12-4-5-12/h1-3,10-12,14-15,28H,4-9H2,(H,22,23,25)(H2,24,26,27,29)/t14-,15-. The molecule has 5 rings (SSSR count). The summed E-state index contributed by atoms with van der Waals surface area (Å²) in [5.74, 6) is 1.35. The number of carbonyl (C=O) groups is 1. The molecule has 0 spiro atoms. The minimum absolute atomic E-state index is 0.205. The number of hydrogen-bond donors (Lipinski definition) is 4. The Labute approximate surface area is 168 Å². The number of rotatable bonds is 5. The van der Waals surface area contributed by atoms with Gasteiger partial charge in [0.05, 0.1) is 17.2 Å². The van der Waals surface area contributed by atoms with E-state index in [0.717, 1.165) is 36.8 Å². The van der Waals surface area contributed by atoms with Gasteiger partial charge in [-0.3, -0.25) is 9.89 Å². The zero-order valence-corrected chi connectivity index (χ0v) is 16.1. The maximum absolute atomic E-state index is 12.9. The molecule has 2 heterocycles. The zero-order valence-electron chi connectivity index (χ0n) is 16.1. The van der Waals surface area contributed by atoms with Gasteiger partial charge in [-0.2, -0.15) is 5.10 Å². The number of aromatic amines is 1. The number of nitrogens with zero attached hydrogens (tertiary/aromatic N) is 3. The number of benzene rings is 1. The van der Waals surface area contributed by atoms with E-state index in [1.54, 1.807) is 12.3 Å². The van der Waals surface area contributed by atoms with E-state index >= 15 is 0 Å². The van der Waals surface area contributed by atoms with Crippen molar-refractivity contribution in [2.75, 3.05) is 10.6 Å². The highest BCUT2D eigenvalue weighted by Gasteiger charge is 2.26. The molecule has 2 aliphatic carbocycles. The van der Waals surface area contributed by atoms with Gasteiger partial charge in [-0.15, -0.1) is 0 Å². The molecule has 150 valence electrons. The highest BCUT2D eigenvalue weighted by Crippen LogP contribution is 2.39. The molecule has 0 aliphatic heterocycles. The van der Waals surface area contributed by atoms with Crippen LogP contribution in [0.2, 0.25) is 0 Å². The summed E-state index contributed by atoms with van der Waals surface area (Å²) in [6, 6.07) is 7.63. The van der Waals surface area contributed by atoms with Gasteiger partial charge < -0.3 is 15.7 Å². The van der Waals surface area contributed by atoms with E-state index < -0.39 is 0 Å². The average molecular weight is 392 g/mol. The molecule has 29 heavy (non-hydrogen) atoms. The molecule has 2 fully saturated rings. The third kappa shape index (κ3) is 3.93. The second-order valence-corrected chi connectivity index (χ2v) is 8.02. The highest BCUT2D eigenvalue weighted by molar-refractivity contribution is 6.11. The maximum Gasteiger partial charge on any atom is 0.259 e. The monoisotopic (exact) mass is 392 g/mol. The smallest absolute Gasteiger partial charge is 0.259 e. The number of anilines is 2. The van der Waals surface area contributed by atoms with Crippen molar-refractivity contribution in [3.8, 4) is 0 Å². The Balaban J connectivity index is 1.36. The molecule has 0 bridgehead atoms. The second kappa shape index (κ2) is 7.44. The Hall–Kier alpha value is -3.00. The average Bonchev–Trinajstić information content (AvgIpc) is 3.48. The summed E-state index contributed by atoms with van der Waals surface area (Å²) in [6.07, 6.45) is 7.20. The van der Waals surface area contributed by atoms with Crippen molar-refractivity contribution in [1.29, 1.82) is 0 Å². The van der Waals surface area contributed by atoms with E-state index in [9.17, 15) is 9.90 Å². The van der Waals surface area contributed by atoms with Crippen molar-refractivity contribution < 1.29 is 9.90 Å². The summed E-state index contributed by atoms with van der Waals surface area (Å²) in [4.78, 5) is 21.9. The van der Waals surface area contributed by atoms with Crippen molar-refractivity contribution in [2.24, 2.45) is 0 Å². The molecule has 8 nitrogen and oxygen atoms in total. The predicted molar refractivity (Wildman–Crippen MR) is 110 cm³/mol. The van der Waals surface area contributed by atoms with Crippen LogP contribution in [0.5, 0.6) is 0 Å². The molecule has 1 amide bonds. The van der Waals surface area contributed by atoms with Crippen LogP contribution in [-0.2, 0) is 0 Å². The van der Waals surface area contributed by atoms with Gasteiger partial charge in [-0.1, -0.05) is 12.1 Å². The molecule has 2 saturated carbocycles. The minimum atomic E-state index is -0.241. The van der Waals surface area contributed by atoms with Crippen molar-refractivity contribution in [3.05, 3.63) is 41.7 Å². The number of carbonyl (C=O) groups excluding carboxylic acids is 1. The quantitative estimate of drug-likeness (QED) is 0.530. The van der Waals surface area contributed by atoms with Gasteiger partial charge in [-0.05, 0) is 44.6 Å². The Morgan fingerprint density at radius 3 is 2.76 bits per heavy atom. The number of H-pyrrole nitrogens is 1. The van der Waals surface area contributed by atoms with Gasteiger partial charge in [-0.25, -0.2) is 9.97 Å². The number of aliphatic hydroxyl groups is 1. The molecule has 1 aromatic carbocycles. The molecular formula is C21H24N6O2. The molecule has 2 aromatic heterocycles. The summed E-state index contributed by atoms with van der Waals surface area (Å²) >= 11 is 0. The SMILES string of the molecule is O=C(Nc1cc(C2CC2)[nH]n1)c1cccc2cnc(N[C@H]3CC[C@H](O)CC3)nc12. The van der Waals surface area contributed by atoms with E-state index in [1.807, 2.05) is 18.2 Å². The molecule has 3 aromatic rings. The van der Waals surface area contributed by atoms with Crippen LogP contribution in [0.25, 0.3) is 10.9 Å². The van der Waals surface area contributed by atoms with E-state index in [2.05, 4.69) is 30.8 Å². The molecule has 0 unspecified atom stereocenters. The lowest BCUT2D eigenvalue weighted by molar-refractivity contribution is 0.102. The second-order valence-electron chi connectivity index (χ2n) is 8.02. The van der Waals surface area contributed by atoms with Crippen molar-refractivity contribution in [1.82, 2.24) is 20.2 Å². The van der Waals surface area contributed by atoms with Gasteiger partial charge in [0.2, 0.25) is 5.95 Å². The first kappa shape index (κ1) is 18.1. The summed E-state index contributed by atoms with van der Waals surface area (Å²) < 4.78 is 0. The van der Waals surface area contributed by atoms with Crippen molar-refractivity contribution >= 4 is 28.6 Å². The largest absolute Gasteiger partial charge is 0.393 e. The van der Waals surface area contributed by atoms with E-state index in [0.29, 0.717) is 28.8 Å². The number of nitrogens with one attached hydrogen (secondary N) is 3. The lowest BCUT2D eigenvalue weighted by Gasteiger charge is -2.26. The molecule has 0 radical (unpaired) electrons. The number of aromatic nitrogens is 4. The topological polar surface area (TPSA) is 116 Å². The fourth-order valence-corrected chi connectivity index (χ4v) is 3.90. The number of para-hydroxylation sites is 1. The summed E-state index contributed by atoms with van der Waals surface area (Å²) in [5, 5.41) is 23.9. The van der Waals surface area contributed by atoms with Gasteiger partial charge in [0.25, 0.3) is 5.91 Å². The lowest BCUT2D eigenvalue weighted by Crippen LogP contribution is -2.29. The fraction of sp³-hybridized carbons (Fsp3) is 0.429.